The van der Waals surface area contributed by atoms with Crippen LogP contribution >= 0.6 is 0 Å². The lowest BCUT2D eigenvalue weighted by Gasteiger charge is -2.42. The third-order valence-corrected chi connectivity index (χ3v) is 5.00. The van der Waals surface area contributed by atoms with Crippen LogP contribution in [-0.2, 0) is 6.42 Å². The zero-order valence-electron chi connectivity index (χ0n) is 13.7. The zero-order valence-corrected chi connectivity index (χ0v) is 13.7. The van der Waals surface area contributed by atoms with Crippen molar-refractivity contribution in [3.8, 4) is 0 Å². The third-order valence-electron chi connectivity index (χ3n) is 5.00. The molecule has 0 amide bonds. The molecule has 2 rings (SSSR count). The quantitative estimate of drug-likeness (QED) is 0.811. The summed E-state index contributed by atoms with van der Waals surface area (Å²) in [6.07, 6.45) is 6.45. The van der Waals surface area contributed by atoms with Crippen LogP contribution in [-0.4, -0.2) is 0 Å². The van der Waals surface area contributed by atoms with Gasteiger partial charge in [-0.3, -0.25) is 0 Å². The van der Waals surface area contributed by atoms with Gasteiger partial charge in [-0.2, -0.15) is 0 Å². The SMILES string of the molecule is CC(C)Cc1cccc(C(N)C2CCCCC2(C)C)c1. The second kappa shape index (κ2) is 6.30. The van der Waals surface area contributed by atoms with Gasteiger partial charge in [-0.05, 0) is 47.6 Å². The Bertz CT molecular complexity index is 433. The highest BCUT2D eigenvalue weighted by Crippen LogP contribution is 2.45. The maximum absolute atomic E-state index is 6.65. The average molecular weight is 273 g/mol. The minimum absolute atomic E-state index is 0.192. The molecule has 1 aliphatic carbocycles. The molecule has 0 radical (unpaired) electrons. The van der Waals surface area contributed by atoms with E-state index < -0.39 is 0 Å². The summed E-state index contributed by atoms with van der Waals surface area (Å²) in [6.45, 7) is 9.34. The summed E-state index contributed by atoms with van der Waals surface area (Å²) in [5.74, 6) is 1.32. The van der Waals surface area contributed by atoms with Crippen LogP contribution < -0.4 is 5.73 Å². The van der Waals surface area contributed by atoms with Gasteiger partial charge in [0, 0.05) is 6.04 Å². The Labute approximate surface area is 125 Å². The Morgan fingerprint density at radius 2 is 2.00 bits per heavy atom. The Morgan fingerprint density at radius 3 is 2.65 bits per heavy atom. The minimum atomic E-state index is 0.192. The van der Waals surface area contributed by atoms with Gasteiger partial charge in [0.15, 0.2) is 0 Å². The molecule has 1 fully saturated rings. The Morgan fingerprint density at radius 1 is 1.25 bits per heavy atom. The van der Waals surface area contributed by atoms with Crippen LogP contribution in [0.2, 0.25) is 0 Å². The molecule has 0 aromatic heterocycles. The first-order valence-electron chi connectivity index (χ1n) is 8.24. The molecule has 0 bridgehead atoms. The molecule has 2 N–H and O–H groups in total. The summed E-state index contributed by atoms with van der Waals surface area (Å²) in [5, 5.41) is 0. The van der Waals surface area contributed by atoms with E-state index in [-0.39, 0.29) is 6.04 Å². The fraction of sp³-hybridized carbons (Fsp3) is 0.684. The second-order valence-electron chi connectivity index (χ2n) is 7.71. The summed E-state index contributed by atoms with van der Waals surface area (Å²) in [4.78, 5) is 0. The highest BCUT2D eigenvalue weighted by Gasteiger charge is 2.36. The smallest absolute Gasteiger partial charge is 0.0328 e. The number of benzene rings is 1. The van der Waals surface area contributed by atoms with Crippen molar-refractivity contribution in [2.24, 2.45) is 23.0 Å². The van der Waals surface area contributed by atoms with Crippen LogP contribution in [0.5, 0.6) is 0 Å². The molecular weight excluding hydrogens is 242 g/mol. The highest BCUT2D eigenvalue weighted by molar-refractivity contribution is 5.27. The van der Waals surface area contributed by atoms with Gasteiger partial charge in [0.1, 0.15) is 0 Å². The van der Waals surface area contributed by atoms with Crippen molar-refractivity contribution in [3.63, 3.8) is 0 Å². The van der Waals surface area contributed by atoms with E-state index in [0.29, 0.717) is 17.3 Å². The summed E-state index contributed by atoms with van der Waals surface area (Å²) >= 11 is 0. The molecule has 2 atom stereocenters. The van der Waals surface area contributed by atoms with Gasteiger partial charge in [-0.15, -0.1) is 0 Å². The Balaban J connectivity index is 2.17. The predicted molar refractivity (Wildman–Crippen MR) is 87.7 cm³/mol. The van der Waals surface area contributed by atoms with Crippen LogP contribution in [0.15, 0.2) is 24.3 Å². The minimum Gasteiger partial charge on any atom is -0.324 e. The van der Waals surface area contributed by atoms with Gasteiger partial charge in [0.25, 0.3) is 0 Å². The highest BCUT2D eigenvalue weighted by atomic mass is 14.7. The summed E-state index contributed by atoms with van der Waals surface area (Å²) in [7, 11) is 0. The predicted octanol–water partition coefficient (Wildman–Crippen LogP) is 5.10. The topological polar surface area (TPSA) is 26.0 Å². The zero-order chi connectivity index (χ0) is 14.8. The number of rotatable bonds is 4. The van der Waals surface area contributed by atoms with Crippen molar-refractivity contribution in [3.05, 3.63) is 35.4 Å². The van der Waals surface area contributed by atoms with E-state index in [1.54, 1.807) is 0 Å². The molecule has 1 saturated carbocycles. The van der Waals surface area contributed by atoms with Crippen LogP contribution in [0.1, 0.15) is 70.5 Å². The van der Waals surface area contributed by atoms with E-state index in [1.807, 2.05) is 0 Å². The second-order valence-corrected chi connectivity index (χ2v) is 7.71. The van der Waals surface area contributed by atoms with Crippen molar-refractivity contribution < 1.29 is 0 Å². The van der Waals surface area contributed by atoms with Crippen molar-refractivity contribution in [2.75, 3.05) is 0 Å². The molecule has 112 valence electrons. The monoisotopic (exact) mass is 273 g/mol. The molecule has 1 aliphatic rings. The van der Waals surface area contributed by atoms with Crippen LogP contribution in [0.4, 0.5) is 0 Å². The van der Waals surface area contributed by atoms with Crippen molar-refractivity contribution in [2.45, 2.75) is 65.8 Å². The first-order valence-corrected chi connectivity index (χ1v) is 8.24. The maximum atomic E-state index is 6.65. The van der Waals surface area contributed by atoms with Gasteiger partial charge in [0.05, 0.1) is 0 Å². The van der Waals surface area contributed by atoms with Crippen LogP contribution in [0.3, 0.4) is 0 Å². The van der Waals surface area contributed by atoms with E-state index in [9.17, 15) is 0 Å². The molecular formula is C19H31N. The van der Waals surface area contributed by atoms with Crippen LogP contribution in [0, 0.1) is 17.3 Å². The molecule has 0 heterocycles. The number of hydrogen-bond acceptors (Lipinski definition) is 1. The van der Waals surface area contributed by atoms with E-state index in [1.165, 1.54) is 36.8 Å². The van der Waals surface area contributed by atoms with Gasteiger partial charge < -0.3 is 5.73 Å². The van der Waals surface area contributed by atoms with Crippen LogP contribution in [0.25, 0.3) is 0 Å². The van der Waals surface area contributed by atoms with Gasteiger partial charge in [-0.25, -0.2) is 0 Å². The van der Waals surface area contributed by atoms with E-state index in [4.69, 9.17) is 5.73 Å². The fourth-order valence-corrected chi connectivity index (χ4v) is 3.82. The lowest BCUT2D eigenvalue weighted by Crippen LogP contribution is -2.36. The average Bonchev–Trinajstić information content (AvgIpc) is 2.37. The molecule has 0 spiro atoms. The van der Waals surface area contributed by atoms with Gasteiger partial charge in [-0.1, -0.05) is 64.8 Å². The largest absolute Gasteiger partial charge is 0.324 e. The number of nitrogens with two attached hydrogens (primary N) is 1. The van der Waals surface area contributed by atoms with E-state index in [2.05, 4.69) is 52.0 Å². The Hall–Kier alpha value is -0.820. The fourth-order valence-electron chi connectivity index (χ4n) is 3.82. The lowest BCUT2D eigenvalue weighted by atomic mass is 9.65. The number of hydrogen-bond donors (Lipinski definition) is 1. The molecule has 1 aromatic rings. The normalized spacial score (nSPS) is 23.8. The first-order chi connectivity index (χ1) is 9.40. The molecule has 20 heavy (non-hydrogen) atoms. The van der Waals surface area contributed by atoms with Gasteiger partial charge in [0.2, 0.25) is 0 Å². The lowest BCUT2D eigenvalue weighted by molar-refractivity contribution is 0.112. The van der Waals surface area contributed by atoms with Gasteiger partial charge >= 0.3 is 0 Å². The summed E-state index contributed by atoms with van der Waals surface area (Å²) < 4.78 is 0. The van der Waals surface area contributed by atoms with Crippen molar-refractivity contribution in [1.29, 1.82) is 0 Å². The summed E-state index contributed by atoms with van der Waals surface area (Å²) in [5.41, 5.74) is 9.79. The third kappa shape index (κ3) is 3.63. The molecule has 1 aromatic carbocycles. The maximum Gasteiger partial charge on any atom is 0.0328 e. The molecule has 1 nitrogen and oxygen atoms in total. The Kier molecular flexibility index (Phi) is 4.90. The van der Waals surface area contributed by atoms with Crippen molar-refractivity contribution in [1.82, 2.24) is 0 Å². The standard InChI is InChI=1S/C19H31N/c1-14(2)12-15-8-7-9-16(13-15)18(20)17-10-5-6-11-19(17,3)4/h7-9,13-14,17-18H,5-6,10-12,20H2,1-4H3. The van der Waals surface area contributed by atoms with E-state index in [0.717, 1.165) is 6.42 Å². The molecule has 2 unspecified atom stereocenters. The molecule has 0 aliphatic heterocycles. The summed E-state index contributed by atoms with van der Waals surface area (Å²) in [6, 6.07) is 9.18. The first kappa shape index (κ1) is 15.6. The van der Waals surface area contributed by atoms with Crippen molar-refractivity contribution >= 4 is 0 Å². The van der Waals surface area contributed by atoms with E-state index >= 15 is 0 Å². The molecule has 0 saturated heterocycles. The molecule has 1 heteroatoms.